The molecule has 2 aliphatic heterocycles. The molecule has 1 aromatic carbocycles. The topological polar surface area (TPSA) is 150 Å². The first kappa shape index (κ1) is 33.7. The summed E-state index contributed by atoms with van der Waals surface area (Å²) in [6.45, 7) is 5.92. The SMILES string of the molecule is CCCCOC(=O)N1CCN(C(=O)[C@H](CCC(=O)O)NC(=O)c2cc(OCCC3CCCNC3)cc(-c3ccccc3)n2)CC1. The molecule has 0 aliphatic carbocycles. The molecule has 0 bridgehead atoms. The molecule has 1 unspecified atom stereocenters. The number of aromatic nitrogens is 1. The number of benzene rings is 1. The van der Waals surface area contributed by atoms with Gasteiger partial charge in [-0.15, -0.1) is 0 Å². The minimum Gasteiger partial charge on any atom is -0.493 e. The number of hydrogen-bond donors (Lipinski definition) is 3. The van der Waals surface area contributed by atoms with E-state index in [1.165, 1.54) is 0 Å². The number of carboxylic acid groups (broad SMARTS) is 1. The molecule has 1 aromatic heterocycles. The van der Waals surface area contributed by atoms with Crippen molar-refractivity contribution in [2.75, 3.05) is 52.5 Å². The van der Waals surface area contributed by atoms with Crippen LogP contribution in [0.2, 0.25) is 0 Å². The second kappa shape index (κ2) is 17.3. The van der Waals surface area contributed by atoms with Gasteiger partial charge in [-0.25, -0.2) is 9.78 Å². The summed E-state index contributed by atoms with van der Waals surface area (Å²) in [4.78, 5) is 58.6. The highest BCUT2D eigenvalue weighted by molar-refractivity contribution is 5.97. The summed E-state index contributed by atoms with van der Waals surface area (Å²) >= 11 is 0. The van der Waals surface area contributed by atoms with E-state index < -0.39 is 29.9 Å². The first-order valence-electron chi connectivity index (χ1n) is 16.0. The normalized spacial score (nSPS) is 17.3. The van der Waals surface area contributed by atoms with Crippen LogP contribution in [0.1, 0.15) is 62.4 Å². The maximum Gasteiger partial charge on any atom is 0.409 e. The molecule has 45 heavy (non-hydrogen) atoms. The van der Waals surface area contributed by atoms with Crippen molar-refractivity contribution in [3.63, 3.8) is 0 Å². The third-order valence-electron chi connectivity index (χ3n) is 8.12. The maximum absolute atomic E-state index is 13.6. The number of unbranched alkanes of at least 4 members (excludes halogenated alkanes) is 1. The standard InChI is InChI=1S/C33H45N5O7/c1-2-3-19-45-33(43)38-17-15-37(16-18-38)32(42)27(11-12-30(39)40)36-31(41)29-22-26(44-20-13-24-8-7-14-34-23-24)21-28(35-29)25-9-5-4-6-10-25/h4-6,9-10,21-22,24,27,34H,2-3,7-8,11-20,23H2,1H3,(H,36,41)(H,39,40)/t24?,27-/m0/s1. The van der Waals surface area contributed by atoms with Crippen molar-refractivity contribution in [3.8, 4) is 17.0 Å². The van der Waals surface area contributed by atoms with Gasteiger partial charge in [-0.2, -0.15) is 0 Å². The van der Waals surface area contributed by atoms with Crippen LogP contribution in [0, 0.1) is 5.92 Å². The van der Waals surface area contributed by atoms with Crippen molar-refractivity contribution in [1.29, 1.82) is 0 Å². The number of aliphatic carboxylic acids is 1. The average Bonchev–Trinajstić information content (AvgIpc) is 3.07. The van der Waals surface area contributed by atoms with Gasteiger partial charge in [0.1, 0.15) is 17.5 Å². The molecule has 12 heteroatoms. The van der Waals surface area contributed by atoms with Gasteiger partial charge in [-0.3, -0.25) is 14.4 Å². The van der Waals surface area contributed by atoms with E-state index in [0.29, 0.717) is 30.6 Å². The van der Waals surface area contributed by atoms with Gasteiger partial charge in [-0.05, 0) is 51.1 Å². The number of carboxylic acids is 1. The van der Waals surface area contributed by atoms with E-state index in [-0.39, 0.29) is 44.7 Å². The van der Waals surface area contributed by atoms with E-state index in [9.17, 15) is 24.3 Å². The molecular formula is C33H45N5O7. The predicted molar refractivity (Wildman–Crippen MR) is 168 cm³/mol. The molecule has 2 atom stereocenters. The molecule has 12 nitrogen and oxygen atoms in total. The Kier molecular flexibility index (Phi) is 13.0. The molecule has 2 aromatic rings. The number of carbonyl (C=O) groups excluding carboxylic acids is 3. The van der Waals surface area contributed by atoms with Crippen molar-refractivity contribution in [1.82, 2.24) is 25.4 Å². The quantitative estimate of drug-likeness (QED) is 0.269. The Balaban J connectivity index is 1.45. The fourth-order valence-corrected chi connectivity index (χ4v) is 5.46. The van der Waals surface area contributed by atoms with Crippen molar-refractivity contribution < 1.29 is 33.8 Å². The highest BCUT2D eigenvalue weighted by Gasteiger charge is 2.31. The molecule has 0 saturated carbocycles. The van der Waals surface area contributed by atoms with Crippen LogP contribution < -0.4 is 15.4 Å². The third-order valence-corrected chi connectivity index (χ3v) is 8.12. The van der Waals surface area contributed by atoms with Crippen LogP contribution in [0.25, 0.3) is 11.3 Å². The Bertz CT molecular complexity index is 1280. The molecule has 4 rings (SSSR count). The summed E-state index contributed by atoms with van der Waals surface area (Å²) < 4.78 is 11.4. The number of piperazine rings is 1. The largest absolute Gasteiger partial charge is 0.493 e. The number of nitrogens with one attached hydrogen (secondary N) is 2. The van der Waals surface area contributed by atoms with Crippen LogP contribution >= 0.6 is 0 Å². The number of carbonyl (C=O) groups is 4. The van der Waals surface area contributed by atoms with Crippen LogP contribution in [-0.2, 0) is 14.3 Å². The Hall–Kier alpha value is -4.19. The van der Waals surface area contributed by atoms with Gasteiger partial charge >= 0.3 is 12.1 Å². The highest BCUT2D eigenvalue weighted by atomic mass is 16.6. The highest BCUT2D eigenvalue weighted by Crippen LogP contribution is 2.24. The summed E-state index contributed by atoms with van der Waals surface area (Å²) in [6, 6.07) is 11.7. The molecule has 2 saturated heterocycles. The van der Waals surface area contributed by atoms with E-state index in [0.717, 1.165) is 50.8 Å². The molecule has 3 amide bonds. The number of amides is 3. The zero-order valence-corrected chi connectivity index (χ0v) is 26.0. The Labute approximate surface area is 264 Å². The summed E-state index contributed by atoms with van der Waals surface area (Å²) in [5, 5.41) is 15.5. The number of piperidine rings is 1. The molecule has 0 radical (unpaired) electrons. The zero-order valence-electron chi connectivity index (χ0n) is 26.0. The van der Waals surface area contributed by atoms with E-state index >= 15 is 0 Å². The Morgan fingerprint density at radius 2 is 1.82 bits per heavy atom. The number of rotatable bonds is 14. The summed E-state index contributed by atoms with van der Waals surface area (Å²) in [5.74, 6) is -1.05. The third kappa shape index (κ3) is 10.4. The molecule has 3 N–H and O–H groups in total. The van der Waals surface area contributed by atoms with Crippen molar-refractivity contribution in [3.05, 3.63) is 48.2 Å². The lowest BCUT2D eigenvalue weighted by Crippen LogP contribution is -2.56. The number of hydrogen-bond acceptors (Lipinski definition) is 8. The first-order valence-corrected chi connectivity index (χ1v) is 16.0. The van der Waals surface area contributed by atoms with Crippen LogP contribution in [-0.4, -0.2) is 102 Å². The van der Waals surface area contributed by atoms with Crippen molar-refractivity contribution in [2.24, 2.45) is 5.92 Å². The Morgan fingerprint density at radius 1 is 1.07 bits per heavy atom. The number of ether oxygens (including phenoxy) is 2. The fourth-order valence-electron chi connectivity index (χ4n) is 5.46. The summed E-state index contributed by atoms with van der Waals surface area (Å²) in [5.41, 5.74) is 1.42. The molecule has 244 valence electrons. The van der Waals surface area contributed by atoms with Gasteiger partial charge in [0.2, 0.25) is 5.91 Å². The molecule has 0 spiro atoms. The number of pyridine rings is 1. The minimum atomic E-state index is -1.08. The lowest BCUT2D eigenvalue weighted by molar-refractivity contribution is -0.138. The molecular weight excluding hydrogens is 578 g/mol. The second-order valence-corrected chi connectivity index (χ2v) is 11.5. The summed E-state index contributed by atoms with van der Waals surface area (Å²) in [7, 11) is 0. The van der Waals surface area contributed by atoms with Gasteiger partial charge in [0.25, 0.3) is 5.91 Å². The fraction of sp³-hybridized carbons (Fsp3) is 0.545. The number of nitrogens with zero attached hydrogens (tertiary/aromatic N) is 3. The molecule has 2 aliphatic rings. The van der Waals surface area contributed by atoms with Crippen LogP contribution in [0.4, 0.5) is 4.79 Å². The van der Waals surface area contributed by atoms with E-state index in [1.54, 1.807) is 21.9 Å². The maximum atomic E-state index is 13.6. The smallest absolute Gasteiger partial charge is 0.409 e. The lowest BCUT2D eigenvalue weighted by atomic mass is 9.97. The van der Waals surface area contributed by atoms with Crippen molar-refractivity contribution in [2.45, 2.75) is 57.9 Å². The van der Waals surface area contributed by atoms with Crippen LogP contribution in [0.15, 0.2) is 42.5 Å². The molecule has 2 fully saturated rings. The molecule has 3 heterocycles. The van der Waals surface area contributed by atoms with Crippen LogP contribution in [0.3, 0.4) is 0 Å². The van der Waals surface area contributed by atoms with E-state index in [1.807, 2.05) is 37.3 Å². The van der Waals surface area contributed by atoms with E-state index in [4.69, 9.17) is 9.47 Å². The first-order chi connectivity index (χ1) is 21.8. The van der Waals surface area contributed by atoms with Gasteiger partial charge in [0, 0.05) is 50.3 Å². The van der Waals surface area contributed by atoms with Gasteiger partial charge in [0.05, 0.1) is 18.9 Å². The van der Waals surface area contributed by atoms with Gasteiger partial charge < -0.3 is 35.0 Å². The lowest BCUT2D eigenvalue weighted by Gasteiger charge is -2.36. The van der Waals surface area contributed by atoms with Gasteiger partial charge in [0.15, 0.2) is 0 Å². The minimum absolute atomic E-state index is 0.0680. The zero-order chi connectivity index (χ0) is 32.0. The van der Waals surface area contributed by atoms with Crippen LogP contribution in [0.5, 0.6) is 5.75 Å². The predicted octanol–water partition coefficient (Wildman–Crippen LogP) is 3.56. The van der Waals surface area contributed by atoms with Crippen molar-refractivity contribution >= 4 is 23.9 Å². The van der Waals surface area contributed by atoms with Gasteiger partial charge in [-0.1, -0.05) is 43.7 Å². The second-order valence-electron chi connectivity index (χ2n) is 11.5. The van der Waals surface area contributed by atoms with E-state index in [2.05, 4.69) is 15.6 Å². The Morgan fingerprint density at radius 3 is 2.51 bits per heavy atom. The average molecular weight is 624 g/mol. The monoisotopic (exact) mass is 623 g/mol. The summed E-state index contributed by atoms with van der Waals surface area (Å²) in [6.07, 6.45) is 4.07.